The van der Waals surface area contributed by atoms with Crippen LogP contribution < -0.4 is 20.9 Å². The van der Waals surface area contributed by atoms with Crippen LogP contribution in [0.5, 0.6) is 0 Å². The number of hydrogen-bond donors (Lipinski definition) is 0. The van der Waals surface area contributed by atoms with Crippen molar-refractivity contribution in [2.75, 3.05) is 0 Å². The minimum absolute atomic E-state index is 0.369. The molecular weight excluding hydrogens is 446 g/mol. The highest BCUT2D eigenvalue weighted by Gasteiger charge is 2.34. The van der Waals surface area contributed by atoms with Crippen molar-refractivity contribution in [3.8, 4) is 0 Å². The molecule has 37 heavy (non-hydrogen) atoms. The molecule has 4 aliphatic carbocycles. The third-order valence-electron chi connectivity index (χ3n) is 8.80. The number of benzene rings is 2. The van der Waals surface area contributed by atoms with Gasteiger partial charge in [-0.15, -0.1) is 0 Å². The van der Waals surface area contributed by atoms with Gasteiger partial charge in [-0.05, 0) is 93.3 Å². The van der Waals surface area contributed by atoms with Gasteiger partial charge < -0.3 is 0 Å². The van der Waals surface area contributed by atoms with Gasteiger partial charge in [0, 0.05) is 30.2 Å². The minimum atomic E-state index is 0.369. The number of fused-ring (bicyclic) bond motifs is 3. The summed E-state index contributed by atoms with van der Waals surface area (Å²) in [6.45, 7) is 2.25. The first kappa shape index (κ1) is 22.5. The lowest BCUT2D eigenvalue weighted by atomic mass is 9.67. The Balaban J connectivity index is 1.52. The van der Waals surface area contributed by atoms with Crippen LogP contribution in [0.1, 0.15) is 37.7 Å². The quantitative estimate of drug-likeness (QED) is 0.563. The van der Waals surface area contributed by atoms with Crippen molar-refractivity contribution < 1.29 is 0 Å². The van der Waals surface area contributed by atoms with Crippen LogP contribution >= 0.6 is 0 Å². The van der Waals surface area contributed by atoms with Gasteiger partial charge in [-0.3, -0.25) is 4.99 Å². The number of nitrogens with zero attached hydrogens (tertiary/aromatic N) is 1. The van der Waals surface area contributed by atoms with Gasteiger partial charge in [-0.25, -0.2) is 0 Å². The van der Waals surface area contributed by atoms with Crippen LogP contribution in [0.2, 0.25) is 0 Å². The average molecular weight is 480 g/mol. The normalized spacial score (nSPS) is 25.6. The maximum Gasteiger partial charge on any atom is 0.0230 e. The minimum Gasteiger partial charge on any atom is -0.269 e. The molecule has 2 aromatic rings. The van der Waals surface area contributed by atoms with Crippen molar-refractivity contribution in [3.05, 3.63) is 129 Å². The van der Waals surface area contributed by atoms with E-state index < -0.39 is 0 Å². The summed E-state index contributed by atoms with van der Waals surface area (Å²) < 4.78 is 0. The summed E-state index contributed by atoms with van der Waals surface area (Å²) in [6, 6.07) is 16.1. The molecule has 1 nitrogen and oxygen atoms in total. The van der Waals surface area contributed by atoms with Crippen LogP contribution in [0.3, 0.4) is 0 Å². The molecular formula is C36H33N. The van der Waals surface area contributed by atoms with E-state index in [1.54, 1.807) is 11.1 Å². The highest BCUT2D eigenvalue weighted by atomic mass is 14.7. The summed E-state index contributed by atoms with van der Waals surface area (Å²) in [6.07, 6.45) is 28.6. The topological polar surface area (TPSA) is 12.4 Å². The lowest BCUT2D eigenvalue weighted by Gasteiger charge is -2.36. The second-order valence-electron chi connectivity index (χ2n) is 10.9. The largest absolute Gasteiger partial charge is 0.269 e. The van der Waals surface area contributed by atoms with Crippen molar-refractivity contribution in [3.63, 3.8) is 0 Å². The Hall–Kier alpha value is -3.71. The predicted molar refractivity (Wildman–Crippen MR) is 156 cm³/mol. The molecule has 1 aliphatic heterocycles. The fraction of sp³-hybridized carbons (Fsp3) is 0.250. The zero-order valence-corrected chi connectivity index (χ0v) is 21.5. The van der Waals surface area contributed by atoms with Gasteiger partial charge in [0.1, 0.15) is 0 Å². The molecule has 3 atom stereocenters. The molecule has 182 valence electrons. The molecule has 0 bridgehead atoms. The van der Waals surface area contributed by atoms with Crippen molar-refractivity contribution >= 4 is 29.0 Å². The molecule has 0 saturated carbocycles. The van der Waals surface area contributed by atoms with E-state index in [1.807, 2.05) is 6.20 Å². The maximum absolute atomic E-state index is 4.31. The third kappa shape index (κ3) is 3.80. The summed E-state index contributed by atoms with van der Waals surface area (Å²) in [5.41, 5.74) is 8.99. The molecule has 0 aromatic heterocycles. The van der Waals surface area contributed by atoms with Crippen LogP contribution in [-0.2, 0) is 0 Å². The number of rotatable bonds is 3. The zero-order valence-electron chi connectivity index (χ0n) is 21.5. The van der Waals surface area contributed by atoms with Gasteiger partial charge in [0.15, 0.2) is 0 Å². The van der Waals surface area contributed by atoms with Gasteiger partial charge in [-0.2, -0.15) is 0 Å². The van der Waals surface area contributed by atoms with Crippen molar-refractivity contribution in [2.45, 2.75) is 39.0 Å². The molecule has 0 N–H and O–H groups in total. The Labute approximate surface area is 219 Å². The van der Waals surface area contributed by atoms with Crippen LogP contribution in [0, 0.1) is 24.7 Å². The summed E-state index contributed by atoms with van der Waals surface area (Å²) in [5, 5.41) is 5.74. The average Bonchev–Trinajstić information content (AvgIpc) is 2.96. The van der Waals surface area contributed by atoms with Crippen LogP contribution in [-0.4, -0.2) is 6.21 Å². The number of hydrogen-bond acceptors (Lipinski definition) is 1. The lowest BCUT2D eigenvalue weighted by molar-refractivity contribution is 0.679. The molecule has 0 saturated heterocycles. The first-order chi connectivity index (χ1) is 18.3. The van der Waals surface area contributed by atoms with E-state index in [2.05, 4.69) is 109 Å². The van der Waals surface area contributed by atoms with E-state index in [0.717, 1.165) is 32.1 Å². The van der Waals surface area contributed by atoms with Gasteiger partial charge in [0.25, 0.3) is 0 Å². The van der Waals surface area contributed by atoms with Gasteiger partial charge in [0.05, 0.1) is 0 Å². The Kier molecular flexibility index (Phi) is 5.65. The van der Waals surface area contributed by atoms with E-state index in [-0.39, 0.29) is 0 Å². The molecule has 1 heteroatoms. The van der Waals surface area contributed by atoms with E-state index in [1.165, 1.54) is 43.2 Å². The van der Waals surface area contributed by atoms with E-state index in [4.69, 9.17) is 0 Å². The molecule has 3 unspecified atom stereocenters. The summed E-state index contributed by atoms with van der Waals surface area (Å²) in [5.74, 6) is 1.18. The number of aliphatic imine (C=N–C) groups is 1. The molecule has 0 fully saturated rings. The van der Waals surface area contributed by atoms with E-state index >= 15 is 0 Å². The monoisotopic (exact) mass is 479 g/mol. The van der Waals surface area contributed by atoms with E-state index in [9.17, 15) is 0 Å². The molecule has 7 rings (SSSR count). The Morgan fingerprint density at radius 1 is 0.757 bits per heavy atom. The number of aryl methyl sites for hydroxylation is 1. The van der Waals surface area contributed by atoms with Crippen molar-refractivity contribution in [1.29, 1.82) is 0 Å². The fourth-order valence-electron chi connectivity index (χ4n) is 7.12. The maximum atomic E-state index is 4.31. The predicted octanol–water partition coefficient (Wildman–Crippen LogP) is 5.34. The molecule has 5 aliphatic rings. The van der Waals surface area contributed by atoms with E-state index in [0.29, 0.717) is 17.8 Å². The second-order valence-corrected chi connectivity index (χ2v) is 10.9. The summed E-state index contributed by atoms with van der Waals surface area (Å²) in [4.78, 5) is 4.31. The highest BCUT2D eigenvalue weighted by molar-refractivity contribution is 5.94. The molecule has 1 heterocycles. The van der Waals surface area contributed by atoms with Crippen molar-refractivity contribution in [1.82, 2.24) is 0 Å². The highest BCUT2D eigenvalue weighted by Crippen LogP contribution is 2.43. The third-order valence-corrected chi connectivity index (χ3v) is 8.80. The van der Waals surface area contributed by atoms with Crippen LogP contribution in [0.4, 0.5) is 0 Å². The molecule has 0 radical (unpaired) electrons. The summed E-state index contributed by atoms with van der Waals surface area (Å²) in [7, 11) is 0. The van der Waals surface area contributed by atoms with Gasteiger partial charge in [-0.1, -0.05) is 91.1 Å². The van der Waals surface area contributed by atoms with Crippen molar-refractivity contribution in [2.24, 2.45) is 22.7 Å². The SMILES string of the molecule is Cc1cccc2c1=CCCC=2C1=c2ccccc2=C(C2=CC(C3C=CN=CC3)=CCC2)C2C=CC=CC12. The van der Waals surface area contributed by atoms with Crippen LogP contribution in [0.15, 0.2) is 107 Å². The molecule has 2 aromatic carbocycles. The first-order valence-corrected chi connectivity index (χ1v) is 13.9. The standard InChI is InChI=1S/C36H33N/c1-24-9-6-17-29-28(24)16-8-18-30(29)36-33-14-4-2-12-31(33)35(32-13-3-5-15-34(32)36)27-11-7-10-26(23-27)25-19-21-37-22-20-25/h2-6,9-10,12-17,19,21-23,25,31,33H,7-8,11,18,20H2,1H3. The lowest BCUT2D eigenvalue weighted by Crippen LogP contribution is -2.43. The van der Waals surface area contributed by atoms with Gasteiger partial charge in [0.2, 0.25) is 0 Å². The zero-order chi connectivity index (χ0) is 24.8. The molecule has 0 amide bonds. The molecule has 0 spiro atoms. The van der Waals surface area contributed by atoms with Crippen LogP contribution in [0.25, 0.3) is 22.8 Å². The number of allylic oxidation sites excluding steroid dienone is 9. The Morgan fingerprint density at radius 2 is 1.51 bits per heavy atom. The summed E-state index contributed by atoms with van der Waals surface area (Å²) >= 11 is 0. The smallest absolute Gasteiger partial charge is 0.0230 e. The Bertz CT molecular complexity index is 1720. The second kappa shape index (κ2) is 9.30. The fourth-order valence-corrected chi connectivity index (χ4v) is 7.12. The Morgan fingerprint density at radius 3 is 2.32 bits per heavy atom. The first-order valence-electron chi connectivity index (χ1n) is 13.9. The van der Waals surface area contributed by atoms with Gasteiger partial charge >= 0.3 is 0 Å².